The Bertz CT molecular complexity index is 1420. The van der Waals surface area contributed by atoms with Crippen molar-refractivity contribution in [2.45, 2.75) is 26.4 Å². The maximum Gasteiger partial charge on any atom is 0.256 e. The number of benzene rings is 2. The highest BCUT2D eigenvalue weighted by Crippen LogP contribution is 2.30. The summed E-state index contributed by atoms with van der Waals surface area (Å²) in [4.78, 5) is 21.8. The summed E-state index contributed by atoms with van der Waals surface area (Å²) in [6.07, 6.45) is 1.45. The second kappa shape index (κ2) is 10.8. The van der Waals surface area contributed by atoms with Gasteiger partial charge >= 0.3 is 0 Å². The molecule has 2 aromatic heterocycles. The number of hydrogen-bond donors (Lipinski definition) is 3. The van der Waals surface area contributed by atoms with E-state index in [0.717, 1.165) is 31.9 Å². The highest BCUT2D eigenvalue weighted by Gasteiger charge is 2.19. The summed E-state index contributed by atoms with van der Waals surface area (Å²) in [7, 11) is 2.11. The fraction of sp³-hybridized carbons (Fsp3) is 0.321. The van der Waals surface area contributed by atoms with Crippen LogP contribution in [-0.2, 0) is 6.54 Å². The Labute approximate surface area is 220 Å². The molecule has 0 atom stereocenters. The van der Waals surface area contributed by atoms with Gasteiger partial charge in [0.15, 0.2) is 5.82 Å². The molecule has 1 aliphatic rings. The summed E-state index contributed by atoms with van der Waals surface area (Å²) < 4.78 is 29.9. The van der Waals surface area contributed by atoms with Gasteiger partial charge in [0, 0.05) is 55.4 Å². The van der Waals surface area contributed by atoms with Crippen molar-refractivity contribution in [2.75, 3.05) is 43.4 Å². The van der Waals surface area contributed by atoms with Crippen molar-refractivity contribution in [2.24, 2.45) is 0 Å². The average molecular weight is 520 g/mol. The molecule has 8 nitrogen and oxygen atoms in total. The first-order chi connectivity index (χ1) is 18.3. The van der Waals surface area contributed by atoms with Gasteiger partial charge in [0.25, 0.3) is 5.91 Å². The SMILES string of the molecule is CC(C)NCc1cc(F)c(-c2cc3c(NC(=O)c4ccc(N5CCN(C)CC5)cc4)n[nH]c3cn2)c(F)c1. The van der Waals surface area contributed by atoms with Gasteiger partial charge in [-0.25, -0.2) is 8.78 Å². The van der Waals surface area contributed by atoms with Crippen molar-refractivity contribution in [3.63, 3.8) is 0 Å². The molecule has 2 aromatic carbocycles. The van der Waals surface area contributed by atoms with Crippen LogP contribution < -0.4 is 15.5 Å². The van der Waals surface area contributed by atoms with Gasteiger partial charge in [-0.05, 0) is 55.1 Å². The zero-order valence-electron chi connectivity index (χ0n) is 21.7. The minimum atomic E-state index is -0.702. The summed E-state index contributed by atoms with van der Waals surface area (Å²) in [5, 5.41) is 13.5. The molecule has 1 fully saturated rings. The van der Waals surface area contributed by atoms with Gasteiger partial charge in [0.1, 0.15) is 11.6 Å². The normalized spacial score (nSPS) is 14.4. The maximum absolute atomic E-state index is 15.0. The largest absolute Gasteiger partial charge is 0.369 e. The molecule has 3 heterocycles. The van der Waals surface area contributed by atoms with Crippen molar-refractivity contribution in [3.8, 4) is 11.3 Å². The Morgan fingerprint density at radius 2 is 1.74 bits per heavy atom. The van der Waals surface area contributed by atoms with Crippen molar-refractivity contribution in [1.29, 1.82) is 0 Å². The third kappa shape index (κ3) is 5.51. The van der Waals surface area contributed by atoms with Gasteiger partial charge < -0.3 is 20.4 Å². The number of halogens is 2. The summed E-state index contributed by atoms with van der Waals surface area (Å²) in [5.74, 6) is -1.48. The number of likely N-dealkylation sites (N-methyl/N-ethyl adjacent to an activating group) is 1. The van der Waals surface area contributed by atoms with Crippen LogP contribution in [0.25, 0.3) is 22.2 Å². The van der Waals surface area contributed by atoms with E-state index >= 15 is 0 Å². The van der Waals surface area contributed by atoms with Crippen LogP contribution in [0.15, 0.2) is 48.7 Å². The van der Waals surface area contributed by atoms with Crippen LogP contribution in [0.2, 0.25) is 0 Å². The Balaban J connectivity index is 1.35. The molecule has 0 saturated carbocycles. The zero-order chi connectivity index (χ0) is 26.8. The molecule has 1 aliphatic heterocycles. The first-order valence-electron chi connectivity index (χ1n) is 12.7. The standard InChI is InChI=1S/C28H31F2N7O/c1-17(2)31-15-18-12-22(29)26(23(30)13-18)24-14-21-25(16-32-24)34-35-27(21)33-28(38)19-4-6-20(7-5-19)37-10-8-36(3)9-11-37/h4-7,12-14,16-17,31H,8-11,15H2,1-3H3,(H2,33,34,35,38). The predicted molar refractivity (Wildman–Crippen MR) is 145 cm³/mol. The lowest BCUT2D eigenvalue weighted by molar-refractivity contribution is 0.102. The monoisotopic (exact) mass is 519 g/mol. The van der Waals surface area contributed by atoms with Crippen LogP contribution in [0.3, 0.4) is 0 Å². The Hall–Kier alpha value is -3.89. The predicted octanol–water partition coefficient (Wildman–Crippen LogP) is 4.41. The van der Waals surface area contributed by atoms with Gasteiger partial charge in [-0.1, -0.05) is 13.8 Å². The molecule has 4 aromatic rings. The molecule has 0 radical (unpaired) electrons. The van der Waals surface area contributed by atoms with E-state index in [1.54, 1.807) is 12.1 Å². The minimum absolute atomic E-state index is 0.115. The molecule has 0 spiro atoms. The first-order valence-corrected chi connectivity index (χ1v) is 12.7. The molecule has 38 heavy (non-hydrogen) atoms. The van der Waals surface area contributed by atoms with Crippen LogP contribution in [0, 0.1) is 11.6 Å². The van der Waals surface area contributed by atoms with Gasteiger partial charge in [0.2, 0.25) is 0 Å². The van der Waals surface area contributed by atoms with Crippen LogP contribution >= 0.6 is 0 Å². The number of amides is 1. The van der Waals surface area contributed by atoms with Crippen LogP contribution in [0.5, 0.6) is 0 Å². The van der Waals surface area contributed by atoms with E-state index in [1.807, 2.05) is 26.0 Å². The molecule has 198 valence electrons. The summed E-state index contributed by atoms with van der Waals surface area (Å²) in [6, 6.07) is 11.8. The van der Waals surface area contributed by atoms with E-state index in [0.29, 0.717) is 28.6 Å². The van der Waals surface area contributed by atoms with E-state index in [-0.39, 0.29) is 29.0 Å². The van der Waals surface area contributed by atoms with E-state index in [9.17, 15) is 13.6 Å². The number of carbonyl (C=O) groups is 1. The van der Waals surface area contributed by atoms with Crippen LogP contribution in [0.1, 0.15) is 29.8 Å². The highest BCUT2D eigenvalue weighted by atomic mass is 19.1. The molecule has 10 heteroatoms. The number of hydrogen-bond acceptors (Lipinski definition) is 6. The zero-order valence-corrected chi connectivity index (χ0v) is 21.7. The second-order valence-electron chi connectivity index (χ2n) is 9.95. The van der Waals surface area contributed by atoms with Crippen molar-refractivity contribution >= 4 is 28.3 Å². The fourth-order valence-corrected chi connectivity index (χ4v) is 4.51. The smallest absolute Gasteiger partial charge is 0.256 e. The lowest BCUT2D eigenvalue weighted by atomic mass is 10.1. The number of fused-ring (bicyclic) bond motifs is 1. The number of aromatic amines is 1. The lowest BCUT2D eigenvalue weighted by Crippen LogP contribution is -2.44. The van der Waals surface area contributed by atoms with E-state index in [4.69, 9.17) is 0 Å². The average Bonchev–Trinajstić information content (AvgIpc) is 3.29. The quantitative estimate of drug-likeness (QED) is 0.335. The lowest BCUT2D eigenvalue weighted by Gasteiger charge is -2.34. The van der Waals surface area contributed by atoms with E-state index < -0.39 is 11.6 Å². The number of aromatic nitrogens is 3. The number of nitrogens with zero attached hydrogens (tertiary/aromatic N) is 4. The van der Waals surface area contributed by atoms with E-state index in [1.165, 1.54) is 24.4 Å². The first kappa shape index (κ1) is 25.7. The third-order valence-corrected chi connectivity index (χ3v) is 6.75. The molecule has 0 bridgehead atoms. The van der Waals surface area contributed by atoms with Gasteiger partial charge in [0.05, 0.1) is 23.0 Å². The molecule has 0 aliphatic carbocycles. The highest BCUT2D eigenvalue weighted by molar-refractivity contribution is 6.08. The Morgan fingerprint density at radius 1 is 1.05 bits per heavy atom. The Morgan fingerprint density at radius 3 is 2.39 bits per heavy atom. The number of piperazine rings is 1. The van der Waals surface area contributed by atoms with Gasteiger partial charge in [-0.3, -0.25) is 14.9 Å². The number of pyridine rings is 1. The number of nitrogens with one attached hydrogen (secondary N) is 3. The van der Waals surface area contributed by atoms with Crippen molar-refractivity contribution < 1.29 is 13.6 Å². The molecule has 1 saturated heterocycles. The number of rotatable bonds is 7. The molecular weight excluding hydrogens is 488 g/mol. The number of H-pyrrole nitrogens is 1. The number of anilines is 2. The van der Waals surface area contributed by atoms with Crippen molar-refractivity contribution in [3.05, 3.63) is 71.4 Å². The Kier molecular flexibility index (Phi) is 7.35. The van der Waals surface area contributed by atoms with Crippen molar-refractivity contribution in [1.82, 2.24) is 25.4 Å². The van der Waals surface area contributed by atoms with E-state index in [2.05, 4.69) is 42.7 Å². The molecular formula is C28H31F2N7O. The van der Waals surface area contributed by atoms with Gasteiger partial charge in [-0.15, -0.1) is 0 Å². The number of carbonyl (C=O) groups excluding carboxylic acids is 1. The van der Waals surface area contributed by atoms with Crippen LogP contribution in [-0.4, -0.2) is 65.3 Å². The second-order valence-corrected chi connectivity index (χ2v) is 9.95. The molecule has 5 rings (SSSR count). The molecule has 1 amide bonds. The molecule has 3 N–H and O–H groups in total. The fourth-order valence-electron chi connectivity index (χ4n) is 4.51. The third-order valence-electron chi connectivity index (χ3n) is 6.75. The maximum atomic E-state index is 15.0. The summed E-state index contributed by atoms with van der Waals surface area (Å²) >= 11 is 0. The van der Waals surface area contributed by atoms with Crippen LogP contribution in [0.4, 0.5) is 20.3 Å². The van der Waals surface area contributed by atoms with Gasteiger partial charge in [-0.2, -0.15) is 5.10 Å². The minimum Gasteiger partial charge on any atom is -0.369 e. The summed E-state index contributed by atoms with van der Waals surface area (Å²) in [5.41, 5.74) is 2.49. The summed E-state index contributed by atoms with van der Waals surface area (Å²) in [6.45, 7) is 8.16. The molecule has 0 unspecified atom stereocenters. The topological polar surface area (TPSA) is 89.2 Å².